The third-order valence-electron chi connectivity index (χ3n) is 5.60. The molecule has 2 aliphatic heterocycles. The minimum Gasteiger partial charge on any atom is -0.317 e. The van der Waals surface area contributed by atoms with Crippen molar-refractivity contribution in [1.82, 2.24) is 9.58 Å². The van der Waals surface area contributed by atoms with Crippen molar-refractivity contribution < 1.29 is 4.79 Å². The highest BCUT2D eigenvalue weighted by Gasteiger charge is 2.38. The molecule has 0 unspecified atom stereocenters. The van der Waals surface area contributed by atoms with Gasteiger partial charge in [-0.1, -0.05) is 30.9 Å². The fourth-order valence-electron chi connectivity index (χ4n) is 4.02. The zero-order valence-electron chi connectivity index (χ0n) is 16.2. The summed E-state index contributed by atoms with van der Waals surface area (Å²) in [5.41, 5.74) is 1.94. The molecule has 0 bridgehead atoms. The molecule has 1 amide bonds. The summed E-state index contributed by atoms with van der Waals surface area (Å²) < 4.78 is 1.94. The number of nitrogens with one attached hydrogen (secondary N) is 1. The van der Waals surface area contributed by atoms with Crippen LogP contribution in [-0.4, -0.2) is 31.5 Å². The number of hydrogen-bond acceptors (Lipinski definition) is 4. The van der Waals surface area contributed by atoms with Crippen LogP contribution < -0.4 is 0 Å². The lowest BCUT2D eigenvalue weighted by atomic mass is 9.90. The molecule has 0 radical (unpaired) electrons. The number of hydrazone groups is 1. The Balaban J connectivity index is 1.46. The molecule has 1 fully saturated rings. The number of aliphatic imine (C=N–C) groups is 1. The molecule has 0 saturated heterocycles. The van der Waals surface area contributed by atoms with Crippen LogP contribution in [0.15, 0.2) is 58.3 Å². The molecule has 1 aliphatic carbocycles. The lowest BCUT2D eigenvalue weighted by Crippen LogP contribution is -2.35. The average molecular weight is 438 g/mol. The maximum absolute atomic E-state index is 12.7. The van der Waals surface area contributed by atoms with Gasteiger partial charge >= 0.3 is 0 Å². The third-order valence-corrected chi connectivity index (χ3v) is 6.92. The van der Waals surface area contributed by atoms with Crippen molar-refractivity contribution in [2.75, 3.05) is 0 Å². The Morgan fingerprint density at radius 1 is 1.13 bits per heavy atom. The number of carbonyl (C=O) groups excluding carboxylic acids is 1. The molecule has 30 heavy (non-hydrogen) atoms. The number of hydrogen-bond donors (Lipinski definition) is 1. The van der Waals surface area contributed by atoms with Gasteiger partial charge in [-0.05, 0) is 67.1 Å². The van der Waals surface area contributed by atoms with Crippen molar-refractivity contribution in [3.63, 3.8) is 0 Å². The van der Waals surface area contributed by atoms with Gasteiger partial charge in [0.2, 0.25) is 5.17 Å². The summed E-state index contributed by atoms with van der Waals surface area (Å²) in [6.07, 6.45) is 9.54. The molecular weight excluding hydrogens is 418 g/mol. The molecule has 3 heterocycles. The van der Waals surface area contributed by atoms with Crippen molar-refractivity contribution in [1.29, 1.82) is 5.41 Å². The van der Waals surface area contributed by atoms with Crippen molar-refractivity contribution >= 4 is 51.4 Å². The Hall–Kier alpha value is -2.64. The van der Waals surface area contributed by atoms with Crippen molar-refractivity contribution in [2.45, 2.75) is 32.1 Å². The normalized spacial score (nSPS) is 21.1. The van der Waals surface area contributed by atoms with Crippen LogP contribution in [0.1, 0.15) is 37.8 Å². The second-order valence-corrected chi connectivity index (χ2v) is 9.00. The van der Waals surface area contributed by atoms with Crippen LogP contribution in [-0.2, 0) is 4.79 Å². The van der Waals surface area contributed by atoms with Crippen LogP contribution in [0.4, 0.5) is 0 Å². The van der Waals surface area contributed by atoms with E-state index in [1.165, 1.54) is 36.0 Å². The maximum Gasteiger partial charge on any atom is 0.283 e. The van der Waals surface area contributed by atoms with E-state index < -0.39 is 5.91 Å². The first kappa shape index (κ1) is 19.3. The second-order valence-electron chi connectivity index (χ2n) is 7.57. The van der Waals surface area contributed by atoms with Gasteiger partial charge in [-0.3, -0.25) is 10.2 Å². The Morgan fingerprint density at radius 3 is 2.67 bits per heavy atom. The van der Waals surface area contributed by atoms with Crippen LogP contribution >= 0.6 is 23.4 Å². The zero-order valence-corrected chi connectivity index (χ0v) is 17.8. The Bertz CT molecular complexity index is 1110. The molecule has 1 saturated carbocycles. The average Bonchev–Trinajstić information content (AvgIpc) is 3.39. The predicted molar refractivity (Wildman–Crippen MR) is 122 cm³/mol. The van der Waals surface area contributed by atoms with Gasteiger partial charge in [0.25, 0.3) is 5.91 Å². The van der Waals surface area contributed by atoms with Crippen LogP contribution in [0.25, 0.3) is 11.8 Å². The quantitative estimate of drug-likeness (QED) is 0.659. The standard InChI is InChI=1S/C22H20ClN5OS/c23-15-8-10-16(11-9-15)27-12-4-7-17(27)13-18-19(24)28-22(25-20(18)29)30-21(26-28)14-5-2-1-3-6-14/h4,7-14,24H,1-3,5-6H2/b18-13-,24-19?. The molecule has 6 nitrogen and oxygen atoms in total. The van der Waals surface area contributed by atoms with E-state index in [2.05, 4.69) is 10.1 Å². The number of amidine groups is 2. The van der Waals surface area contributed by atoms with E-state index in [1.54, 1.807) is 6.08 Å². The van der Waals surface area contributed by atoms with Gasteiger partial charge in [0.05, 0.1) is 5.57 Å². The van der Waals surface area contributed by atoms with Gasteiger partial charge < -0.3 is 4.57 Å². The highest BCUT2D eigenvalue weighted by atomic mass is 35.5. The predicted octanol–water partition coefficient (Wildman–Crippen LogP) is 5.33. The van der Waals surface area contributed by atoms with E-state index >= 15 is 0 Å². The minimum absolute atomic E-state index is 0.0761. The van der Waals surface area contributed by atoms with Gasteiger partial charge in [0.1, 0.15) is 5.04 Å². The lowest BCUT2D eigenvalue weighted by Gasteiger charge is -2.20. The van der Waals surface area contributed by atoms with Crippen molar-refractivity contribution in [3.8, 4) is 5.69 Å². The second kappa shape index (κ2) is 7.89. The molecule has 2 aromatic rings. The van der Waals surface area contributed by atoms with Crippen LogP contribution in [0.2, 0.25) is 5.02 Å². The minimum atomic E-state index is -0.400. The van der Waals surface area contributed by atoms with Gasteiger partial charge in [-0.25, -0.2) is 0 Å². The highest BCUT2D eigenvalue weighted by molar-refractivity contribution is 8.27. The van der Waals surface area contributed by atoms with Crippen LogP contribution in [0.3, 0.4) is 0 Å². The molecule has 152 valence electrons. The van der Waals surface area contributed by atoms with E-state index in [0.717, 1.165) is 29.3 Å². The summed E-state index contributed by atoms with van der Waals surface area (Å²) in [5.74, 6) is 0.0874. The fourth-order valence-corrected chi connectivity index (χ4v) is 5.20. The molecular formula is C22H20ClN5OS. The lowest BCUT2D eigenvalue weighted by molar-refractivity contribution is -0.114. The van der Waals surface area contributed by atoms with Gasteiger partial charge in [-0.2, -0.15) is 15.1 Å². The number of rotatable bonds is 3. The van der Waals surface area contributed by atoms with E-state index in [4.69, 9.17) is 17.0 Å². The Kier molecular flexibility index (Phi) is 5.08. The molecule has 1 aromatic heterocycles. The Labute approximate surface area is 183 Å². The monoisotopic (exact) mass is 437 g/mol. The van der Waals surface area contributed by atoms with Crippen molar-refractivity contribution in [3.05, 3.63) is 58.9 Å². The molecule has 5 rings (SSSR count). The molecule has 0 spiro atoms. The smallest absolute Gasteiger partial charge is 0.283 e. The molecule has 8 heteroatoms. The van der Waals surface area contributed by atoms with Crippen molar-refractivity contribution in [2.24, 2.45) is 16.0 Å². The first-order valence-electron chi connectivity index (χ1n) is 10.0. The summed E-state index contributed by atoms with van der Waals surface area (Å²) in [5, 5.41) is 16.9. The molecule has 0 atom stereocenters. The maximum atomic E-state index is 12.7. The molecule has 3 aliphatic rings. The largest absolute Gasteiger partial charge is 0.317 e. The van der Waals surface area contributed by atoms with Crippen LogP contribution in [0, 0.1) is 11.3 Å². The fraction of sp³-hybridized carbons (Fsp3) is 0.273. The first-order chi connectivity index (χ1) is 14.6. The van der Waals surface area contributed by atoms with Gasteiger partial charge in [-0.15, -0.1) is 0 Å². The summed E-state index contributed by atoms with van der Waals surface area (Å²) in [6.45, 7) is 0. The number of fused-ring (bicyclic) bond motifs is 1. The zero-order chi connectivity index (χ0) is 20.7. The number of halogens is 1. The number of carbonyl (C=O) groups is 1. The van der Waals surface area contributed by atoms with Crippen LogP contribution in [0.5, 0.6) is 0 Å². The van der Waals surface area contributed by atoms with E-state index in [9.17, 15) is 4.79 Å². The number of amides is 1. The summed E-state index contributed by atoms with van der Waals surface area (Å²) in [7, 11) is 0. The van der Waals surface area contributed by atoms with Gasteiger partial charge in [0.15, 0.2) is 5.84 Å². The van der Waals surface area contributed by atoms with Gasteiger partial charge in [0, 0.05) is 28.5 Å². The number of aromatic nitrogens is 1. The molecule has 1 aromatic carbocycles. The first-order valence-corrected chi connectivity index (χ1v) is 11.2. The SMILES string of the molecule is N=C1/C(=C/c2cccn2-c2ccc(Cl)cc2)C(=O)N=C2SC(C3CCCCC3)=NN12. The third kappa shape index (κ3) is 3.52. The summed E-state index contributed by atoms with van der Waals surface area (Å²) in [6, 6.07) is 11.3. The molecule has 1 N–H and O–H groups in total. The van der Waals surface area contributed by atoms with E-state index in [1.807, 2.05) is 47.2 Å². The number of benzene rings is 1. The Morgan fingerprint density at radius 2 is 1.90 bits per heavy atom. The highest BCUT2D eigenvalue weighted by Crippen LogP contribution is 2.36. The van der Waals surface area contributed by atoms with E-state index in [-0.39, 0.29) is 11.4 Å². The van der Waals surface area contributed by atoms with E-state index in [0.29, 0.717) is 16.1 Å². The topological polar surface area (TPSA) is 73.8 Å². The summed E-state index contributed by atoms with van der Waals surface area (Å²) >= 11 is 7.44. The summed E-state index contributed by atoms with van der Waals surface area (Å²) in [4.78, 5) is 17.0. The number of nitrogens with zero attached hydrogens (tertiary/aromatic N) is 4. The number of thioether (sulfide) groups is 1.